The van der Waals surface area contributed by atoms with Crippen LogP contribution in [0.5, 0.6) is 0 Å². The Hall–Kier alpha value is -3.67. The van der Waals surface area contributed by atoms with Gasteiger partial charge in [-0.25, -0.2) is 13.8 Å². The van der Waals surface area contributed by atoms with E-state index in [1.165, 1.54) is 17.7 Å². The van der Waals surface area contributed by atoms with Crippen LogP contribution in [-0.4, -0.2) is 19.9 Å². The number of hydrogen-bond donors (Lipinski definition) is 1. The minimum absolute atomic E-state index is 0.220. The van der Waals surface area contributed by atoms with Crippen LogP contribution < -0.4 is 0 Å². The van der Waals surface area contributed by atoms with E-state index in [2.05, 4.69) is 21.9 Å². The van der Waals surface area contributed by atoms with Gasteiger partial charge in [-0.15, -0.1) is 0 Å². The van der Waals surface area contributed by atoms with Gasteiger partial charge < -0.3 is 4.98 Å². The van der Waals surface area contributed by atoms with Crippen molar-refractivity contribution in [3.63, 3.8) is 0 Å². The molecule has 1 atom stereocenters. The van der Waals surface area contributed by atoms with E-state index in [0.29, 0.717) is 17.4 Å². The molecule has 0 amide bonds. The van der Waals surface area contributed by atoms with Gasteiger partial charge in [0, 0.05) is 47.1 Å². The summed E-state index contributed by atoms with van der Waals surface area (Å²) >= 11 is 0. The lowest BCUT2D eigenvalue weighted by Gasteiger charge is -2.32. The molecule has 6 heteroatoms. The van der Waals surface area contributed by atoms with Crippen LogP contribution in [0, 0.1) is 17.6 Å². The summed E-state index contributed by atoms with van der Waals surface area (Å²) in [6, 6.07) is 13.9. The number of rotatable bonds is 4. The molecule has 0 spiro atoms. The fourth-order valence-corrected chi connectivity index (χ4v) is 5.66. The smallest absolute Gasteiger partial charge is 0.133 e. The largest absolute Gasteiger partial charge is 0.342 e. The average Bonchev–Trinajstić information content (AvgIpc) is 3.31. The Kier molecular flexibility index (Phi) is 5.51. The van der Waals surface area contributed by atoms with E-state index in [4.69, 9.17) is 4.98 Å². The molecule has 0 saturated heterocycles. The predicted molar refractivity (Wildman–Crippen MR) is 134 cm³/mol. The van der Waals surface area contributed by atoms with Gasteiger partial charge in [-0.05, 0) is 79.5 Å². The lowest BCUT2D eigenvalue weighted by Crippen LogP contribution is -2.19. The first-order valence-corrected chi connectivity index (χ1v) is 12.2. The summed E-state index contributed by atoms with van der Waals surface area (Å²) < 4.78 is 28.7. The van der Waals surface area contributed by atoms with Crippen molar-refractivity contribution in [2.24, 2.45) is 5.92 Å². The Balaban J connectivity index is 1.21. The molecule has 0 bridgehead atoms. The molecule has 1 fully saturated rings. The first kappa shape index (κ1) is 21.8. The number of benzene rings is 2. The SMILES string of the molecule is C[C@H](c1nc2cc(-c3cccnc3)c(F)cc2[nH]1)C1CCC(c2ccnc3ccc(F)cc23)CC1. The molecule has 0 radical (unpaired) electrons. The van der Waals surface area contributed by atoms with Crippen LogP contribution in [-0.2, 0) is 0 Å². The van der Waals surface area contributed by atoms with Gasteiger partial charge in [0.25, 0.3) is 0 Å². The first-order chi connectivity index (χ1) is 17.1. The third-order valence-electron chi connectivity index (χ3n) is 7.65. The van der Waals surface area contributed by atoms with Crippen LogP contribution in [0.4, 0.5) is 8.78 Å². The minimum atomic E-state index is -0.283. The van der Waals surface area contributed by atoms with Crippen LogP contribution >= 0.6 is 0 Å². The van der Waals surface area contributed by atoms with Gasteiger partial charge in [0.05, 0.1) is 16.6 Å². The molecule has 0 aliphatic heterocycles. The first-order valence-electron chi connectivity index (χ1n) is 12.2. The Labute approximate surface area is 202 Å². The van der Waals surface area contributed by atoms with Crippen LogP contribution in [0.25, 0.3) is 33.1 Å². The molecule has 3 heterocycles. The topological polar surface area (TPSA) is 54.5 Å². The van der Waals surface area contributed by atoms with E-state index < -0.39 is 0 Å². The monoisotopic (exact) mass is 468 g/mol. The molecule has 5 aromatic rings. The van der Waals surface area contributed by atoms with Gasteiger partial charge in [-0.3, -0.25) is 9.97 Å². The molecule has 1 saturated carbocycles. The van der Waals surface area contributed by atoms with Crippen molar-refractivity contribution in [3.8, 4) is 11.1 Å². The van der Waals surface area contributed by atoms with Gasteiger partial charge in [0.1, 0.15) is 17.5 Å². The molecule has 1 aliphatic carbocycles. The molecule has 1 aliphatic rings. The molecule has 1 N–H and O–H groups in total. The maximum Gasteiger partial charge on any atom is 0.133 e. The van der Waals surface area contributed by atoms with E-state index >= 15 is 0 Å². The summed E-state index contributed by atoms with van der Waals surface area (Å²) in [6.07, 6.45) is 9.40. The highest BCUT2D eigenvalue weighted by Crippen LogP contribution is 2.43. The van der Waals surface area contributed by atoms with Crippen molar-refractivity contribution in [1.82, 2.24) is 19.9 Å². The van der Waals surface area contributed by atoms with E-state index in [0.717, 1.165) is 59.0 Å². The molecule has 6 rings (SSSR count). The maximum atomic E-state index is 14.8. The summed E-state index contributed by atoms with van der Waals surface area (Å²) in [4.78, 5) is 16.7. The summed E-state index contributed by atoms with van der Waals surface area (Å²) in [5.74, 6) is 1.52. The fraction of sp³-hybridized carbons (Fsp3) is 0.276. The van der Waals surface area contributed by atoms with Crippen molar-refractivity contribution in [2.45, 2.75) is 44.4 Å². The van der Waals surface area contributed by atoms with Crippen LogP contribution in [0.15, 0.2) is 67.1 Å². The lowest BCUT2D eigenvalue weighted by atomic mass is 9.73. The van der Waals surface area contributed by atoms with Crippen LogP contribution in [0.1, 0.15) is 55.8 Å². The average molecular weight is 469 g/mol. The molecule has 35 heavy (non-hydrogen) atoms. The second-order valence-corrected chi connectivity index (χ2v) is 9.67. The number of aromatic nitrogens is 4. The van der Waals surface area contributed by atoms with Crippen molar-refractivity contribution >= 4 is 21.9 Å². The maximum absolute atomic E-state index is 14.8. The van der Waals surface area contributed by atoms with Crippen LogP contribution in [0.3, 0.4) is 0 Å². The van der Waals surface area contributed by atoms with Gasteiger partial charge in [0.2, 0.25) is 0 Å². The zero-order valence-corrected chi connectivity index (χ0v) is 19.5. The quantitative estimate of drug-likeness (QED) is 0.297. The standard InChI is InChI=1S/C29H26F2N4/c1-17(29-34-27-14-23(20-3-2-11-32-16-20)25(31)15-28(27)35-29)18-4-6-19(7-5-18)22-10-12-33-26-9-8-21(30)13-24(22)26/h2-3,8-19H,4-7H2,1H3,(H,34,35)/t17-,18?,19?/m0/s1. The number of halogens is 2. The third-order valence-corrected chi connectivity index (χ3v) is 7.65. The fourth-order valence-electron chi connectivity index (χ4n) is 5.66. The molecular weight excluding hydrogens is 442 g/mol. The van der Waals surface area contributed by atoms with E-state index in [-0.39, 0.29) is 17.6 Å². The molecule has 4 nitrogen and oxygen atoms in total. The highest BCUT2D eigenvalue weighted by molar-refractivity contribution is 5.83. The summed E-state index contributed by atoms with van der Waals surface area (Å²) in [6.45, 7) is 2.21. The van der Waals surface area contributed by atoms with E-state index in [1.807, 2.05) is 18.3 Å². The minimum Gasteiger partial charge on any atom is -0.342 e. The van der Waals surface area contributed by atoms with E-state index in [1.54, 1.807) is 36.7 Å². The van der Waals surface area contributed by atoms with Gasteiger partial charge in [-0.2, -0.15) is 0 Å². The number of H-pyrrole nitrogens is 1. The third kappa shape index (κ3) is 4.07. The normalized spacial score (nSPS) is 19.3. The number of nitrogens with zero attached hydrogens (tertiary/aromatic N) is 3. The Morgan fingerprint density at radius 3 is 2.60 bits per heavy atom. The summed E-state index contributed by atoms with van der Waals surface area (Å²) in [5, 5.41) is 0.924. The highest BCUT2D eigenvalue weighted by atomic mass is 19.1. The van der Waals surface area contributed by atoms with Gasteiger partial charge in [0.15, 0.2) is 0 Å². The number of hydrogen-bond acceptors (Lipinski definition) is 3. The van der Waals surface area contributed by atoms with Gasteiger partial charge >= 0.3 is 0 Å². The Morgan fingerprint density at radius 1 is 0.943 bits per heavy atom. The number of pyridine rings is 2. The van der Waals surface area contributed by atoms with Crippen molar-refractivity contribution < 1.29 is 8.78 Å². The van der Waals surface area contributed by atoms with Crippen molar-refractivity contribution in [1.29, 1.82) is 0 Å². The molecule has 176 valence electrons. The number of nitrogens with one attached hydrogen (secondary N) is 1. The molecular formula is C29H26F2N4. The second-order valence-electron chi connectivity index (χ2n) is 9.67. The predicted octanol–water partition coefficient (Wildman–Crippen LogP) is 7.53. The molecule has 3 aromatic heterocycles. The number of imidazole rings is 1. The Bertz CT molecular complexity index is 1500. The molecule has 2 aromatic carbocycles. The number of aromatic amines is 1. The van der Waals surface area contributed by atoms with E-state index in [9.17, 15) is 8.78 Å². The lowest BCUT2D eigenvalue weighted by molar-refractivity contribution is 0.286. The molecule has 0 unspecified atom stereocenters. The van der Waals surface area contributed by atoms with Crippen LogP contribution in [0.2, 0.25) is 0 Å². The summed E-state index contributed by atoms with van der Waals surface area (Å²) in [7, 11) is 0. The van der Waals surface area contributed by atoms with Gasteiger partial charge in [-0.1, -0.05) is 13.0 Å². The number of fused-ring (bicyclic) bond motifs is 2. The Morgan fingerprint density at radius 2 is 1.80 bits per heavy atom. The highest BCUT2D eigenvalue weighted by Gasteiger charge is 2.29. The van der Waals surface area contributed by atoms with Crippen molar-refractivity contribution in [3.05, 3.63) is 90.1 Å². The zero-order valence-electron chi connectivity index (χ0n) is 19.5. The second kappa shape index (κ2) is 8.84. The zero-order chi connectivity index (χ0) is 23.9. The van der Waals surface area contributed by atoms with Crippen molar-refractivity contribution in [2.75, 3.05) is 0 Å². The summed E-state index contributed by atoms with van der Waals surface area (Å²) in [5.41, 5.74) is 4.79.